The number of nitrogens with one attached hydrogen (secondary N) is 1. The molecule has 1 aliphatic rings. The van der Waals surface area contributed by atoms with Gasteiger partial charge in [-0.2, -0.15) is 0 Å². The number of carbonyl (C=O) groups excluding carboxylic acids is 1. The lowest BCUT2D eigenvalue weighted by atomic mass is 10.1. The molecule has 24 heavy (non-hydrogen) atoms. The van der Waals surface area contributed by atoms with Gasteiger partial charge in [-0.25, -0.2) is 4.39 Å². The maximum atomic E-state index is 13.7. The third-order valence-corrected chi connectivity index (χ3v) is 4.32. The van der Waals surface area contributed by atoms with E-state index in [1.165, 1.54) is 6.07 Å². The number of rotatable bonds is 4. The highest BCUT2D eigenvalue weighted by Crippen LogP contribution is 2.21. The van der Waals surface area contributed by atoms with E-state index in [-0.39, 0.29) is 18.3 Å². The number of hydrogen-bond acceptors (Lipinski definition) is 3. The van der Waals surface area contributed by atoms with Gasteiger partial charge in [0.25, 0.3) is 5.91 Å². The largest absolute Gasteiger partial charge is 0.381 e. The molecule has 0 saturated carbocycles. The molecule has 1 amide bonds. The van der Waals surface area contributed by atoms with Gasteiger partial charge in [0, 0.05) is 41.5 Å². The van der Waals surface area contributed by atoms with Gasteiger partial charge in [-0.05, 0) is 36.4 Å². The van der Waals surface area contributed by atoms with Gasteiger partial charge < -0.3 is 15.0 Å². The maximum Gasteiger partial charge on any atom is 0.254 e. The summed E-state index contributed by atoms with van der Waals surface area (Å²) < 4.78 is 19.0. The predicted octanol–water partition coefficient (Wildman–Crippen LogP) is 3.56. The van der Waals surface area contributed by atoms with Crippen LogP contribution in [-0.4, -0.2) is 37.1 Å². The van der Waals surface area contributed by atoms with Gasteiger partial charge in [0.2, 0.25) is 0 Å². The normalized spacial score (nSPS) is 14.5. The Bertz CT molecular complexity index is 695. The third-order valence-electron chi connectivity index (χ3n) is 3.96. The molecule has 0 aliphatic carbocycles. The second kappa shape index (κ2) is 7.64. The molecule has 0 aromatic heterocycles. The van der Waals surface area contributed by atoms with E-state index < -0.39 is 0 Å². The lowest BCUT2D eigenvalue weighted by Gasteiger charge is -2.26. The predicted molar refractivity (Wildman–Crippen MR) is 91.9 cm³/mol. The number of benzene rings is 2. The van der Waals surface area contributed by atoms with Crippen LogP contribution in [0.15, 0.2) is 42.5 Å². The zero-order chi connectivity index (χ0) is 16.9. The first-order valence-corrected chi connectivity index (χ1v) is 8.17. The molecule has 2 aromatic rings. The Morgan fingerprint density at radius 1 is 1.17 bits per heavy atom. The van der Waals surface area contributed by atoms with Gasteiger partial charge in [0.1, 0.15) is 5.82 Å². The molecular weight excluding hydrogens is 331 g/mol. The average molecular weight is 349 g/mol. The standard InChI is InChI=1S/C18H18ClFN2O2/c19-16-2-1-3-17(20)15(16)12-21-14-6-4-13(5-7-14)18(23)22-8-10-24-11-9-22/h1-7,21H,8-12H2. The second-order valence-corrected chi connectivity index (χ2v) is 5.94. The molecule has 2 aromatic carbocycles. The Morgan fingerprint density at radius 2 is 1.88 bits per heavy atom. The fourth-order valence-corrected chi connectivity index (χ4v) is 2.80. The summed E-state index contributed by atoms with van der Waals surface area (Å²) in [6.07, 6.45) is 0. The van der Waals surface area contributed by atoms with Gasteiger partial charge in [-0.1, -0.05) is 17.7 Å². The first kappa shape index (κ1) is 16.7. The maximum absolute atomic E-state index is 13.7. The molecule has 6 heteroatoms. The van der Waals surface area contributed by atoms with Gasteiger partial charge in [0.15, 0.2) is 0 Å². The van der Waals surface area contributed by atoms with Crippen LogP contribution in [0.2, 0.25) is 5.02 Å². The number of morpholine rings is 1. The first-order chi connectivity index (χ1) is 11.6. The van der Waals surface area contributed by atoms with Crippen LogP contribution in [0.4, 0.5) is 10.1 Å². The number of nitrogens with zero attached hydrogens (tertiary/aromatic N) is 1. The molecule has 0 radical (unpaired) electrons. The summed E-state index contributed by atoms with van der Waals surface area (Å²) in [6, 6.07) is 11.8. The fourth-order valence-electron chi connectivity index (χ4n) is 2.57. The Hall–Kier alpha value is -2.11. The molecule has 0 atom stereocenters. The highest BCUT2D eigenvalue weighted by atomic mass is 35.5. The highest BCUT2D eigenvalue weighted by molar-refractivity contribution is 6.31. The molecule has 1 N–H and O–H groups in total. The molecule has 0 unspecified atom stereocenters. The van der Waals surface area contributed by atoms with E-state index in [1.54, 1.807) is 29.2 Å². The van der Waals surface area contributed by atoms with Crippen molar-refractivity contribution in [3.05, 3.63) is 64.4 Å². The SMILES string of the molecule is O=C(c1ccc(NCc2c(F)cccc2Cl)cc1)N1CCOCC1. The molecule has 1 aliphatic heterocycles. The van der Waals surface area contributed by atoms with E-state index in [2.05, 4.69) is 5.32 Å². The van der Waals surface area contributed by atoms with E-state index in [0.29, 0.717) is 42.5 Å². The van der Waals surface area contributed by atoms with E-state index in [9.17, 15) is 9.18 Å². The van der Waals surface area contributed by atoms with Gasteiger partial charge in [-0.3, -0.25) is 4.79 Å². The zero-order valence-electron chi connectivity index (χ0n) is 13.1. The van der Waals surface area contributed by atoms with E-state index in [0.717, 1.165) is 5.69 Å². The average Bonchev–Trinajstić information content (AvgIpc) is 2.62. The van der Waals surface area contributed by atoms with Crippen molar-refractivity contribution >= 4 is 23.2 Å². The monoisotopic (exact) mass is 348 g/mol. The number of halogens is 2. The minimum absolute atomic E-state index is 0.00185. The fraction of sp³-hybridized carbons (Fsp3) is 0.278. The van der Waals surface area contributed by atoms with Crippen molar-refractivity contribution in [1.29, 1.82) is 0 Å². The summed E-state index contributed by atoms with van der Waals surface area (Å²) in [6.45, 7) is 2.67. The molecule has 1 fully saturated rings. The summed E-state index contributed by atoms with van der Waals surface area (Å²) in [4.78, 5) is 14.1. The molecule has 0 spiro atoms. The Kier molecular flexibility index (Phi) is 5.33. The van der Waals surface area contributed by atoms with Crippen molar-refractivity contribution in [2.24, 2.45) is 0 Å². The minimum Gasteiger partial charge on any atom is -0.381 e. The molecular formula is C18H18ClFN2O2. The van der Waals surface area contributed by atoms with Crippen LogP contribution < -0.4 is 5.32 Å². The second-order valence-electron chi connectivity index (χ2n) is 5.54. The van der Waals surface area contributed by atoms with Crippen LogP contribution >= 0.6 is 11.6 Å². The molecule has 1 heterocycles. The topological polar surface area (TPSA) is 41.6 Å². The first-order valence-electron chi connectivity index (χ1n) is 7.79. The quantitative estimate of drug-likeness (QED) is 0.918. The summed E-state index contributed by atoms with van der Waals surface area (Å²) >= 11 is 6.01. The number of anilines is 1. The van der Waals surface area contributed by atoms with Crippen molar-refractivity contribution in [1.82, 2.24) is 4.90 Å². The number of ether oxygens (including phenoxy) is 1. The molecule has 4 nitrogen and oxygen atoms in total. The van der Waals surface area contributed by atoms with Crippen molar-refractivity contribution in [3.63, 3.8) is 0 Å². The lowest BCUT2D eigenvalue weighted by molar-refractivity contribution is 0.0303. The van der Waals surface area contributed by atoms with Crippen molar-refractivity contribution in [2.45, 2.75) is 6.54 Å². The third kappa shape index (κ3) is 3.86. The smallest absolute Gasteiger partial charge is 0.254 e. The molecule has 0 bridgehead atoms. The Morgan fingerprint density at radius 3 is 2.54 bits per heavy atom. The van der Waals surface area contributed by atoms with Gasteiger partial charge in [0.05, 0.1) is 13.2 Å². The van der Waals surface area contributed by atoms with Crippen molar-refractivity contribution < 1.29 is 13.9 Å². The van der Waals surface area contributed by atoms with Gasteiger partial charge in [-0.15, -0.1) is 0 Å². The van der Waals surface area contributed by atoms with Gasteiger partial charge >= 0.3 is 0 Å². The molecule has 126 valence electrons. The van der Waals surface area contributed by atoms with E-state index in [1.807, 2.05) is 12.1 Å². The van der Waals surface area contributed by atoms with Crippen molar-refractivity contribution in [2.75, 3.05) is 31.6 Å². The van der Waals surface area contributed by atoms with Crippen molar-refractivity contribution in [3.8, 4) is 0 Å². The Labute approximate surface area is 145 Å². The van der Waals surface area contributed by atoms with Crippen LogP contribution in [-0.2, 0) is 11.3 Å². The van der Waals surface area contributed by atoms with Crippen LogP contribution in [0, 0.1) is 5.82 Å². The van der Waals surface area contributed by atoms with E-state index >= 15 is 0 Å². The number of amides is 1. The summed E-state index contributed by atoms with van der Waals surface area (Å²) in [5.74, 6) is -0.337. The van der Waals surface area contributed by atoms with Crippen LogP contribution in [0.3, 0.4) is 0 Å². The zero-order valence-corrected chi connectivity index (χ0v) is 13.9. The molecule has 1 saturated heterocycles. The highest BCUT2D eigenvalue weighted by Gasteiger charge is 2.18. The van der Waals surface area contributed by atoms with Crippen LogP contribution in [0.1, 0.15) is 15.9 Å². The molecule has 3 rings (SSSR count). The Balaban J connectivity index is 1.63. The minimum atomic E-state index is -0.339. The van der Waals surface area contributed by atoms with Crippen LogP contribution in [0.25, 0.3) is 0 Å². The number of carbonyl (C=O) groups is 1. The lowest BCUT2D eigenvalue weighted by Crippen LogP contribution is -2.40. The summed E-state index contributed by atoms with van der Waals surface area (Å²) in [7, 11) is 0. The summed E-state index contributed by atoms with van der Waals surface area (Å²) in [5, 5.41) is 3.51. The van der Waals surface area contributed by atoms with E-state index in [4.69, 9.17) is 16.3 Å². The summed E-state index contributed by atoms with van der Waals surface area (Å²) in [5.41, 5.74) is 1.85. The van der Waals surface area contributed by atoms with Crippen LogP contribution in [0.5, 0.6) is 0 Å². The number of hydrogen-bond donors (Lipinski definition) is 1.